The standard InChI is InChI=1S/C23H44N6O2/c1-24-23(25-19-21-7-11-26(12-8-21)17-18-31-2)29-15-13-27(14-16-29)20-22(30)28-9-5-3-4-6-10-28/h21H,3-20H2,1-2H3,(H,24,25). The molecule has 1 N–H and O–H groups in total. The number of hydrogen-bond donors (Lipinski definition) is 1. The fourth-order valence-electron chi connectivity index (χ4n) is 4.93. The van der Waals surface area contributed by atoms with Crippen LogP contribution < -0.4 is 5.32 Å². The van der Waals surface area contributed by atoms with Gasteiger partial charge < -0.3 is 24.8 Å². The van der Waals surface area contributed by atoms with E-state index in [1.807, 2.05) is 7.05 Å². The number of ether oxygens (including phenoxy) is 1. The van der Waals surface area contributed by atoms with E-state index in [-0.39, 0.29) is 0 Å². The van der Waals surface area contributed by atoms with Crippen LogP contribution in [0.1, 0.15) is 38.5 Å². The molecule has 0 aromatic carbocycles. The number of hydrogen-bond acceptors (Lipinski definition) is 5. The van der Waals surface area contributed by atoms with Gasteiger partial charge in [0.25, 0.3) is 0 Å². The predicted octanol–water partition coefficient (Wildman–Crippen LogP) is 0.940. The van der Waals surface area contributed by atoms with Crippen molar-refractivity contribution >= 4 is 11.9 Å². The monoisotopic (exact) mass is 436 g/mol. The molecule has 178 valence electrons. The zero-order chi connectivity index (χ0) is 21.9. The summed E-state index contributed by atoms with van der Waals surface area (Å²) < 4.78 is 5.20. The average Bonchev–Trinajstić information content (AvgIpc) is 3.10. The zero-order valence-corrected chi connectivity index (χ0v) is 19.9. The van der Waals surface area contributed by atoms with Crippen LogP contribution in [0.5, 0.6) is 0 Å². The average molecular weight is 437 g/mol. The molecule has 3 aliphatic heterocycles. The molecule has 3 aliphatic rings. The Bertz CT molecular complexity index is 548. The zero-order valence-electron chi connectivity index (χ0n) is 19.9. The normalized spacial score (nSPS) is 23.1. The minimum Gasteiger partial charge on any atom is -0.383 e. The van der Waals surface area contributed by atoms with E-state index in [9.17, 15) is 4.79 Å². The molecule has 0 radical (unpaired) electrons. The van der Waals surface area contributed by atoms with E-state index in [0.29, 0.717) is 18.4 Å². The van der Waals surface area contributed by atoms with E-state index in [4.69, 9.17) is 4.74 Å². The van der Waals surface area contributed by atoms with Crippen LogP contribution in [0.4, 0.5) is 0 Å². The summed E-state index contributed by atoms with van der Waals surface area (Å²) in [5.41, 5.74) is 0. The molecule has 0 spiro atoms. The van der Waals surface area contributed by atoms with Gasteiger partial charge in [0.15, 0.2) is 5.96 Å². The molecule has 0 bridgehead atoms. The predicted molar refractivity (Wildman–Crippen MR) is 125 cm³/mol. The van der Waals surface area contributed by atoms with Crippen molar-refractivity contribution < 1.29 is 9.53 Å². The van der Waals surface area contributed by atoms with E-state index >= 15 is 0 Å². The summed E-state index contributed by atoms with van der Waals surface area (Å²) in [7, 11) is 3.65. The van der Waals surface area contributed by atoms with Crippen LogP contribution in [0.3, 0.4) is 0 Å². The van der Waals surface area contributed by atoms with Crippen molar-refractivity contribution in [3.05, 3.63) is 0 Å². The molecule has 0 unspecified atom stereocenters. The van der Waals surface area contributed by atoms with Crippen molar-refractivity contribution in [1.82, 2.24) is 24.9 Å². The van der Waals surface area contributed by atoms with Gasteiger partial charge in [0.1, 0.15) is 0 Å². The third-order valence-corrected chi connectivity index (χ3v) is 7.07. The largest absolute Gasteiger partial charge is 0.383 e. The summed E-state index contributed by atoms with van der Waals surface area (Å²) in [6.07, 6.45) is 7.32. The quantitative estimate of drug-likeness (QED) is 0.473. The van der Waals surface area contributed by atoms with Gasteiger partial charge in [-0.05, 0) is 44.7 Å². The molecule has 1 amide bonds. The Labute approximate surface area is 189 Å². The van der Waals surface area contributed by atoms with Gasteiger partial charge in [0.2, 0.25) is 5.91 Å². The Morgan fingerprint density at radius 3 is 2.19 bits per heavy atom. The lowest BCUT2D eigenvalue weighted by Gasteiger charge is -2.37. The number of aliphatic imine (C=N–C) groups is 1. The van der Waals surface area contributed by atoms with Crippen LogP contribution in [0.2, 0.25) is 0 Å². The van der Waals surface area contributed by atoms with E-state index in [2.05, 4.69) is 29.9 Å². The number of piperidine rings is 1. The van der Waals surface area contributed by atoms with Crippen molar-refractivity contribution in [2.24, 2.45) is 10.9 Å². The number of amides is 1. The molecule has 0 saturated carbocycles. The summed E-state index contributed by atoms with van der Waals surface area (Å²) in [6.45, 7) is 11.4. The van der Waals surface area contributed by atoms with E-state index in [1.165, 1.54) is 25.7 Å². The topological polar surface area (TPSA) is 63.7 Å². The second kappa shape index (κ2) is 13.2. The number of methoxy groups -OCH3 is 1. The summed E-state index contributed by atoms with van der Waals surface area (Å²) in [6, 6.07) is 0. The molecule has 3 fully saturated rings. The molecule has 0 aromatic rings. The minimum absolute atomic E-state index is 0.315. The Morgan fingerprint density at radius 2 is 1.58 bits per heavy atom. The first-order valence-electron chi connectivity index (χ1n) is 12.4. The highest BCUT2D eigenvalue weighted by molar-refractivity contribution is 5.80. The number of carbonyl (C=O) groups excluding carboxylic acids is 1. The molecular formula is C23H44N6O2. The smallest absolute Gasteiger partial charge is 0.236 e. The fourth-order valence-corrected chi connectivity index (χ4v) is 4.93. The van der Waals surface area contributed by atoms with Gasteiger partial charge in [-0.25, -0.2) is 0 Å². The number of guanidine groups is 1. The summed E-state index contributed by atoms with van der Waals surface area (Å²) in [5, 5.41) is 3.62. The Kier molecular flexibility index (Phi) is 10.4. The van der Waals surface area contributed by atoms with Crippen molar-refractivity contribution in [1.29, 1.82) is 0 Å². The van der Waals surface area contributed by atoms with Crippen LogP contribution in [0.15, 0.2) is 4.99 Å². The van der Waals surface area contributed by atoms with Gasteiger partial charge in [-0.3, -0.25) is 14.7 Å². The molecule has 0 atom stereocenters. The Balaban J connectivity index is 1.34. The second-order valence-corrected chi connectivity index (χ2v) is 9.26. The van der Waals surface area contributed by atoms with Crippen molar-refractivity contribution in [3.8, 4) is 0 Å². The second-order valence-electron chi connectivity index (χ2n) is 9.26. The summed E-state index contributed by atoms with van der Waals surface area (Å²) in [5.74, 6) is 2.04. The number of carbonyl (C=O) groups is 1. The Hall–Kier alpha value is -1.38. The van der Waals surface area contributed by atoms with Gasteiger partial charge >= 0.3 is 0 Å². The van der Waals surface area contributed by atoms with Crippen LogP contribution in [-0.2, 0) is 9.53 Å². The lowest BCUT2D eigenvalue weighted by Crippen LogP contribution is -2.55. The van der Waals surface area contributed by atoms with E-state index in [0.717, 1.165) is 90.9 Å². The number of likely N-dealkylation sites (tertiary alicyclic amines) is 2. The highest BCUT2D eigenvalue weighted by atomic mass is 16.5. The third kappa shape index (κ3) is 7.91. The molecule has 31 heavy (non-hydrogen) atoms. The van der Waals surface area contributed by atoms with Gasteiger partial charge in [-0.2, -0.15) is 0 Å². The maximum absolute atomic E-state index is 12.7. The minimum atomic E-state index is 0.315. The number of nitrogens with one attached hydrogen (secondary N) is 1. The van der Waals surface area contributed by atoms with Crippen molar-refractivity contribution in [2.75, 3.05) is 92.8 Å². The molecule has 8 heteroatoms. The summed E-state index contributed by atoms with van der Waals surface area (Å²) in [4.78, 5) is 26.5. The van der Waals surface area contributed by atoms with Crippen LogP contribution in [0.25, 0.3) is 0 Å². The van der Waals surface area contributed by atoms with Gasteiger partial charge in [-0.15, -0.1) is 0 Å². The highest BCUT2D eigenvalue weighted by Crippen LogP contribution is 2.16. The van der Waals surface area contributed by atoms with E-state index in [1.54, 1.807) is 7.11 Å². The van der Waals surface area contributed by atoms with Crippen LogP contribution >= 0.6 is 0 Å². The molecule has 8 nitrogen and oxygen atoms in total. The first-order chi connectivity index (χ1) is 15.2. The first kappa shape index (κ1) is 24.3. The summed E-state index contributed by atoms with van der Waals surface area (Å²) >= 11 is 0. The van der Waals surface area contributed by atoms with Gasteiger partial charge in [0, 0.05) is 66.5 Å². The maximum atomic E-state index is 12.7. The molecule has 3 heterocycles. The van der Waals surface area contributed by atoms with Crippen LogP contribution in [-0.4, -0.2) is 124 Å². The molecule has 0 aliphatic carbocycles. The first-order valence-corrected chi connectivity index (χ1v) is 12.4. The fraction of sp³-hybridized carbons (Fsp3) is 0.913. The lowest BCUT2D eigenvalue weighted by molar-refractivity contribution is -0.132. The van der Waals surface area contributed by atoms with Crippen molar-refractivity contribution in [3.63, 3.8) is 0 Å². The molecular weight excluding hydrogens is 392 g/mol. The van der Waals surface area contributed by atoms with Crippen LogP contribution in [0, 0.1) is 5.92 Å². The molecule has 3 saturated heterocycles. The third-order valence-electron chi connectivity index (χ3n) is 7.07. The number of nitrogens with zero attached hydrogens (tertiary/aromatic N) is 5. The lowest BCUT2D eigenvalue weighted by atomic mass is 9.97. The van der Waals surface area contributed by atoms with Crippen molar-refractivity contribution in [2.45, 2.75) is 38.5 Å². The highest BCUT2D eigenvalue weighted by Gasteiger charge is 2.25. The SMILES string of the molecule is CN=C(NCC1CCN(CCOC)CC1)N1CCN(CC(=O)N2CCCCCC2)CC1. The van der Waals surface area contributed by atoms with Gasteiger partial charge in [-0.1, -0.05) is 12.8 Å². The number of rotatable bonds is 7. The van der Waals surface area contributed by atoms with Gasteiger partial charge in [0.05, 0.1) is 13.2 Å². The molecule has 0 aromatic heterocycles. The maximum Gasteiger partial charge on any atom is 0.236 e. The van der Waals surface area contributed by atoms with E-state index < -0.39 is 0 Å². The Morgan fingerprint density at radius 1 is 0.903 bits per heavy atom. The molecule has 3 rings (SSSR count). The number of piperazine rings is 1.